The van der Waals surface area contributed by atoms with Crippen LogP contribution in [0.1, 0.15) is 37.7 Å². The first-order chi connectivity index (χ1) is 8.65. The molecule has 4 heteroatoms. The van der Waals surface area contributed by atoms with Crippen LogP contribution < -0.4 is 5.73 Å². The molecule has 1 heterocycles. The molecule has 1 aromatic carbocycles. The molecule has 0 bridgehead atoms. The SMILES string of the molecule is CCCc1nccn1-c1c(F)cccc1[C@H](C)N. The average molecular weight is 247 g/mol. The largest absolute Gasteiger partial charge is 0.324 e. The standard InChI is InChI=1S/C14H18FN3/c1-3-5-13-17-8-9-18(13)14-11(10(2)16)6-4-7-12(14)15/h4,6-10H,3,5,16H2,1-2H3/t10-/m0/s1. The number of rotatable bonds is 4. The second kappa shape index (κ2) is 5.31. The minimum Gasteiger partial charge on any atom is -0.324 e. The number of nitrogens with two attached hydrogens (primary N) is 1. The van der Waals surface area contributed by atoms with Crippen molar-refractivity contribution in [2.45, 2.75) is 32.7 Å². The molecule has 1 aromatic heterocycles. The Morgan fingerprint density at radius 1 is 1.44 bits per heavy atom. The molecule has 18 heavy (non-hydrogen) atoms. The zero-order valence-corrected chi connectivity index (χ0v) is 10.7. The van der Waals surface area contributed by atoms with E-state index in [1.54, 1.807) is 23.0 Å². The van der Waals surface area contributed by atoms with Gasteiger partial charge in [0.2, 0.25) is 0 Å². The molecule has 2 aromatic rings. The van der Waals surface area contributed by atoms with Crippen molar-refractivity contribution in [3.8, 4) is 5.69 Å². The lowest BCUT2D eigenvalue weighted by atomic mass is 10.1. The van der Waals surface area contributed by atoms with Crippen LogP contribution in [-0.2, 0) is 6.42 Å². The minimum atomic E-state index is -0.264. The summed E-state index contributed by atoms with van der Waals surface area (Å²) in [6.45, 7) is 3.93. The van der Waals surface area contributed by atoms with Crippen LogP contribution in [0.15, 0.2) is 30.6 Å². The Balaban J connectivity index is 2.59. The van der Waals surface area contributed by atoms with E-state index in [2.05, 4.69) is 11.9 Å². The van der Waals surface area contributed by atoms with E-state index in [9.17, 15) is 4.39 Å². The van der Waals surface area contributed by atoms with E-state index >= 15 is 0 Å². The van der Waals surface area contributed by atoms with E-state index < -0.39 is 0 Å². The van der Waals surface area contributed by atoms with Crippen LogP contribution >= 0.6 is 0 Å². The number of aryl methyl sites for hydroxylation is 1. The Morgan fingerprint density at radius 2 is 2.22 bits per heavy atom. The van der Waals surface area contributed by atoms with Gasteiger partial charge in [-0.3, -0.25) is 0 Å². The fourth-order valence-corrected chi connectivity index (χ4v) is 2.10. The van der Waals surface area contributed by atoms with E-state index in [0.29, 0.717) is 5.69 Å². The minimum absolute atomic E-state index is 0.215. The van der Waals surface area contributed by atoms with Gasteiger partial charge in [-0.2, -0.15) is 0 Å². The molecular weight excluding hydrogens is 229 g/mol. The molecule has 0 aliphatic carbocycles. The highest BCUT2D eigenvalue weighted by Gasteiger charge is 2.15. The summed E-state index contributed by atoms with van der Waals surface area (Å²) in [5.41, 5.74) is 7.23. The molecule has 0 aliphatic rings. The first kappa shape index (κ1) is 12.8. The summed E-state index contributed by atoms with van der Waals surface area (Å²) in [7, 11) is 0. The van der Waals surface area contributed by atoms with Crippen molar-refractivity contribution in [3.63, 3.8) is 0 Å². The van der Waals surface area contributed by atoms with Crippen LogP contribution in [0.2, 0.25) is 0 Å². The zero-order valence-electron chi connectivity index (χ0n) is 10.7. The van der Waals surface area contributed by atoms with Crippen LogP contribution in [-0.4, -0.2) is 9.55 Å². The highest BCUT2D eigenvalue weighted by atomic mass is 19.1. The van der Waals surface area contributed by atoms with Crippen molar-refractivity contribution in [2.24, 2.45) is 5.73 Å². The Bertz CT molecular complexity index is 532. The van der Waals surface area contributed by atoms with Gasteiger partial charge in [0.1, 0.15) is 11.6 Å². The van der Waals surface area contributed by atoms with E-state index in [1.165, 1.54) is 6.07 Å². The third kappa shape index (κ3) is 2.29. The Labute approximate surface area is 106 Å². The maximum absolute atomic E-state index is 14.1. The summed E-state index contributed by atoms with van der Waals surface area (Å²) < 4.78 is 15.9. The van der Waals surface area contributed by atoms with Gasteiger partial charge in [-0.25, -0.2) is 9.37 Å². The second-order valence-electron chi connectivity index (χ2n) is 4.43. The molecule has 1 atom stereocenters. The van der Waals surface area contributed by atoms with E-state index in [1.807, 2.05) is 13.0 Å². The molecule has 3 nitrogen and oxygen atoms in total. The lowest BCUT2D eigenvalue weighted by Crippen LogP contribution is -2.12. The van der Waals surface area contributed by atoms with Gasteiger partial charge in [0, 0.05) is 24.9 Å². The number of halogens is 1. The van der Waals surface area contributed by atoms with E-state index in [4.69, 9.17) is 5.73 Å². The number of aromatic nitrogens is 2. The quantitative estimate of drug-likeness (QED) is 0.902. The molecule has 2 N–H and O–H groups in total. The summed E-state index contributed by atoms with van der Waals surface area (Å²) in [6, 6.07) is 4.79. The van der Waals surface area contributed by atoms with Crippen LogP contribution in [0.25, 0.3) is 5.69 Å². The molecule has 0 saturated heterocycles. The fourth-order valence-electron chi connectivity index (χ4n) is 2.10. The van der Waals surface area contributed by atoms with Gasteiger partial charge in [0.25, 0.3) is 0 Å². The molecule has 0 radical (unpaired) electrons. The molecule has 0 fully saturated rings. The number of para-hydroxylation sites is 1. The molecular formula is C14H18FN3. The van der Waals surface area contributed by atoms with Gasteiger partial charge in [0.15, 0.2) is 0 Å². The molecule has 0 saturated carbocycles. The van der Waals surface area contributed by atoms with Crippen molar-refractivity contribution in [1.82, 2.24) is 9.55 Å². The van der Waals surface area contributed by atoms with Crippen LogP contribution in [0, 0.1) is 5.82 Å². The summed E-state index contributed by atoms with van der Waals surface area (Å²) in [5, 5.41) is 0. The third-order valence-corrected chi connectivity index (χ3v) is 2.94. The third-order valence-electron chi connectivity index (χ3n) is 2.94. The second-order valence-corrected chi connectivity index (χ2v) is 4.43. The molecule has 2 rings (SSSR count). The summed E-state index contributed by atoms with van der Waals surface area (Å²) in [6.07, 6.45) is 5.27. The van der Waals surface area contributed by atoms with Crippen molar-refractivity contribution in [3.05, 3.63) is 47.8 Å². The Morgan fingerprint density at radius 3 is 2.89 bits per heavy atom. The number of imidazole rings is 1. The lowest BCUT2D eigenvalue weighted by Gasteiger charge is -2.16. The molecule has 0 spiro atoms. The predicted octanol–water partition coefficient (Wildman–Crippen LogP) is 2.98. The summed E-state index contributed by atoms with van der Waals surface area (Å²) >= 11 is 0. The zero-order chi connectivity index (χ0) is 13.1. The molecule has 0 unspecified atom stereocenters. The van der Waals surface area contributed by atoms with Gasteiger partial charge in [0.05, 0.1) is 5.69 Å². The predicted molar refractivity (Wildman–Crippen MR) is 70.1 cm³/mol. The smallest absolute Gasteiger partial charge is 0.147 e. The number of hydrogen-bond donors (Lipinski definition) is 1. The number of benzene rings is 1. The number of hydrogen-bond acceptors (Lipinski definition) is 2. The van der Waals surface area contributed by atoms with Gasteiger partial charge < -0.3 is 10.3 Å². The van der Waals surface area contributed by atoms with Gasteiger partial charge >= 0.3 is 0 Å². The first-order valence-corrected chi connectivity index (χ1v) is 6.21. The van der Waals surface area contributed by atoms with Crippen LogP contribution in [0.4, 0.5) is 4.39 Å². The van der Waals surface area contributed by atoms with E-state index in [-0.39, 0.29) is 11.9 Å². The maximum Gasteiger partial charge on any atom is 0.147 e. The highest BCUT2D eigenvalue weighted by molar-refractivity contribution is 5.45. The lowest BCUT2D eigenvalue weighted by molar-refractivity contribution is 0.606. The average Bonchev–Trinajstić information content (AvgIpc) is 2.77. The van der Waals surface area contributed by atoms with Gasteiger partial charge in [-0.15, -0.1) is 0 Å². The Hall–Kier alpha value is -1.68. The van der Waals surface area contributed by atoms with Gasteiger partial charge in [-0.1, -0.05) is 19.1 Å². The highest BCUT2D eigenvalue weighted by Crippen LogP contribution is 2.24. The maximum atomic E-state index is 14.1. The molecule has 0 amide bonds. The normalized spacial score (nSPS) is 12.7. The van der Waals surface area contributed by atoms with Crippen LogP contribution in [0.3, 0.4) is 0 Å². The van der Waals surface area contributed by atoms with Crippen molar-refractivity contribution in [2.75, 3.05) is 0 Å². The molecule has 96 valence electrons. The number of nitrogens with zero attached hydrogens (tertiary/aromatic N) is 2. The topological polar surface area (TPSA) is 43.8 Å². The fraction of sp³-hybridized carbons (Fsp3) is 0.357. The summed E-state index contributed by atoms with van der Waals surface area (Å²) in [5.74, 6) is 0.602. The Kier molecular flexibility index (Phi) is 3.77. The van der Waals surface area contributed by atoms with Gasteiger partial charge in [-0.05, 0) is 25.0 Å². The van der Waals surface area contributed by atoms with Crippen molar-refractivity contribution >= 4 is 0 Å². The summed E-state index contributed by atoms with van der Waals surface area (Å²) in [4.78, 5) is 4.28. The first-order valence-electron chi connectivity index (χ1n) is 6.21. The van der Waals surface area contributed by atoms with Crippen molar-refractivity contribution in [1.29, 1.82) is 0 Å². The van der Waals surface area contributed by atoms with E-state index in [0.717, 1.165) is 24.2 Å². The monoisotopic (exact) mass is 247 g/mol. The van der Waals surface area contributed by atoms with Crippen LogP contribution in [0.5, 0.6) is 0 Å². The van der Waals surface area contributed by atoms with Crippen molar-refractivity contribution < 1.29 is 4.39 Å². The molecule has 0 aliphatic heterocycles.